The maximum Gasteiger partial charge on any atom is 0.239 e. The van der Waals surface area contributed by atoms with Gasteiger partial charge in [-0.05, 0) is 45.2 Å². The number of amides is 1. The van der Waals surface area contributed by atoms with E-state index in [0.717, 1.165) is 36.1 Å². The second-order valence-corrected chi connectivity index (χ2v) is 7.77. The van der Waals surface area contributed by atoms with Crippen LogP contribution in [0.4, 0.5) is 5.00 Å². The molecule has 132 valence electrons. The number of hydrogen-bond acceptors (Lipinski definition) is 5. The second kappa shape index (κ2) is 7.38. The largest absolute Gasteiger partial charge is 0.315 e. The molecule has 0 spiro atoms. The first-order chi connectivity index (χ1) is 12.0. The van der Waals surface area contributed by atoms with Crippen LogP contribution in [-0.2, 0) is 31.2 Å². The van der Waals surface area contributed by atoms with Gasteiger partial charge >= 0.3 is 0 Å². The fraction of sp³-hybridized carbons (Fsp3) is 0.500. The highest BCUT2D eigenvalue weighted by Gasteiger charge is 2.22. The van der Waals surface area contributed by atoms with Crippen LogP contribution >= 0.6 is 11.3 Å². The van der Waals surface area contributed by atoms with Gasteiger partial charge in [0.25, 0.3) is 0 Å². The number of likely N-dealkylation sites (N-methyl/N-ethyl adjacent to an activating group) is 1. The van der Waals surface area contributed by atoms with Crippen molar-refractivity contribution in [3.05, 3.63) is 33.5 Å². The number of aryl methyl sites for hydroxylation is 3. The van der Waals surface area contributed by atoms with Crippen molar-refractivity contribution in [1.29, 1.82) is 5.26 Å². The number of nitriles is 1. The van der Waals surface area contributed by atoms with Crippen molar-refractivity contribution in [1.82, 2.24) is 14.7 Å². The molecule has 1 aliphatic carbocycles. The fourth-order valence-electron chi connectivity index (χ4n) is 3.33. The van der Waals surface area contributed by atoms with Gasteiger partial charge in [0.05, 0.1) is 17.8 Å². The molecule has 0 unspecified atom stereocenters. The molecule has 0 radical (unpaired) electrons. The SMILES string of the molecule is Cc1nn(C)cc1CN(C)CC(=O)Nc1sc2c(c1C#N)CCCC2. The van der Waals surface area contributed by atoms with Gasteiger partial charge in [-0.3, -0.25) is 14.4 Å². The minimum Gasteiger partial charge on any atom is -0.315 e. The van der Waals surface area contributed by atoms with Gasteiger partial charge in [-0.15, -0.1) is 11.3 Å². The molecule has 0 aromatic carbocycles. The molecular formula is C18H23N5OS. The number of nitrogens with zero attached hydrogens (tertiary/aromatic N) is 4. The van der Waals surface area contributed by atoms with E-state index in [1.54, 1.807) is 16.0 Å². The Labute approximate surface area is 152 Å². The number of hydrogen-bond donors (Lipinski definition) is 1. The Morgan fingerprint density at radius 1 is 1.48 bits per heavy atom. The Morgan fingerprint density at radius 2 is 2.24 bits per heavy atom. The number of thiophene rings is 1. The first kappa shape index (κ1) is 17.6. The van der Waals surface area contributed by atoms with Crippen LogP contribution in [0.25, 0.3) is 0 Å². The van der Waals surface area contributed by atoms with E-state index in [1.165, 1.54) is 11.3 Å². The highest BCUT2D eigenvalue weighted by atomic mass is 32.1. The first-order valence-corrected chi connectivity index (χ1v) is 9.31. The summed E-state index contributed by atoms with van der Waals surface area (Å²) in [6.45, 7) is 2.92. The van der Waals surface area contributed by atoms with Crippen LogP contribution in [0.5, 0.6) is 0 Å². The Hall–Kier alpha value is -2.17. The molecule has 2 aromatic heterocycles. The zero-order chi connectivity index (χ0) is 18.0. The number of carbonyl (C=O) groups excluding carboxylic acids is 1. The van der Waals surface area contributed by atoms with E-state index >= 15 is 0 Å². The van der Waals surface area contributed by atoms with E-state index < -0.39 is 0 Å². The van der Waals surface area contributed by atoms with Crippen LogP contribution in [0.2, 0.25) is 0 Å². The normalized spacial score (nSPS) is 13.6. The molecule has 3 rings (SSSR count). The topological polar surface area (TPSA) is 74.0 Å². The minimum absolute atomic E-state index is 0.0841. The quantitative estimate of drug-likeness (QED) is 0.893. The van der Waals surface area contributed by atoms with E-state index in [-0.39, 0.29) is 12.5 Å². The predicted octanol–water partition coefficient (Wildman–Crippen LogP) is 2.61. The third-order valence-electron chi connectivity index (χ3n) is 4.50. The maximum absolute atomic E-state index is 12.4. The van der Waals surface area contributed by atoms with Crippen molar-refractivity contribution < 1.29 is 4.79 Å². The van der Waals surface area contributed by atoms with Crippen LogP contribution in [0.3, 0.4) is 0 Å². The molecule has 2 heterocycles. The van der Waals surface area contributed by atoms with Gasteiger partial charge in [-0.2, -0.15) is 10.4 Å². The summed E-state index contributed by atoms with van der Waals surface area (Å²) >= 11 is 1.57. The lowest BCUT2D eigenvalue weighted by molar-refractivity contribution is -0.117. The van der Waals surface area contributed by atoms with Crippen molar-refractivity contribution in [2.45, 2.75) is 39.2 Å². The van der Waals surface area contributed by atoms with Crippen molar-refractivity contribution >= 4 is 22.2 Å². The summed E-state index contributed by atoms with van der Waals surface area (Å²) in [6, 6.07) is 2.28. The number of aromatic nitrogens is 2. The zero-order valence-corrected chi connectivity index (χ0v) is 15.7. The molecule has 0 aliphatic heterocycles. The molecule has 1 aliphatic rings. The van der Waals surface area contributed by atoms with Gasteiger partial charge in [-0.25, -0.2) is 0 Å². The number of fused-ring (bicyclic) bond motifs is 1. The van der Waals surface area contributed by atoms with E-state index in [0.29, 0.717) is 17.1 Å². The van der Waals surface area contributed by atoms with Gasteiger partial charge in [0.1, 0.15) is 11.1 Å². The molecule has 1 amide bonds. The van der Waals surface area contributed by atoms with E-state index in [4.69, 9.17) is 0 Å². The summed E-state index contributed by atoms with van der Waals surface area (Å²) < 4.78 is 1.79. The summed E-state index contributed by atoms with van der Waals surface area (Å²) in [7, 11) is 3.81. The van der Waals surface area contributed by atoms with Gasteiger partial charge in [0.2, 0.25) is 5.91 Å². The Morgan fingerprint density at radius 3 is 2.92 bits per heavy atom. The molecular weight excluding hydrogens is 334 g/mol. The third-order valence-corrected chi connectivity index (χ3v) is 5.71. The standard InChI is InChI=1S/C18H23N5OS/c1-12-13(10-23(3)21-12)9-22(2)11-17(24)20-18-15(8-19)14-6-4-5-7-16(14)25-18/h10H,4-7,9,11H2,1-3H3,(H,20,24). The van der Waals surface area contributed by atoms with E-state index in [9.17, 15) is 10.1 Å². The van der Waals surface area contributed by atoms with Gasteiger partial charge in [0.15, 0.2) is 0 Å². The molecule has 25 heavy (non-hydrogen) atoms. The van der Waals surface area contributed by atoms with Gasteiger partial charge in [-0.1, -0.05) is 0 Å². The Kier molecular flexibility index (Phi) is 5.21. The van der Waals surface area contributed by atoms with E-state index in [1.807, 2.05) is 32.1 Å². The number of rotatable bonds is 5. The van der Waals surface area contributed by atoms with Crippen LogP contribution < -0.4 is 5.32 Å². The van der Waals surface area contributed by atoms with Crippen molar-refractivity contribution in [3.63, 3.8) is 0 Å². The smallest absolute Gasteiger partial charge is 0.239 e. The number of nitrogens with one attached hydrogen (secondary N) is 1. The van der Waals surface area contributed by atoms with Crippen LogP contribution in [-0.4, -0.2) is 34.2 Å². The monoisotopic (exact) mass is 357 g/mol. The van der Waals surface area contributed by atoms with Crippen LogP contribution in [0.15, 0.2) is 6.20 Å². The summed E-state index contributed by atoms with van der Waals surface area (Å²) in [5, 5.41) is 17.5. The summed E-state index contributed by atoms with van der Waals surface area (Å²) in [5.41, 5.74) is 3.90. The maximum atomic E-state index is 12.4. The molecule has 1 N–H and O–H groups in total. The third kappa shape index (κ3) is 3.91. The minimum atomic E-state index is -0.0841. The van der Waals surface area contributed by atoms with Crippen molar-refractivity contribution in [3.8, 4) is 6.07 Å². The molecule has 2 aromatic rings. The Bertz CT molecular complexity index is 829. The number of carbonyl (C=O) groups is 1. The molecule has 0 saturated heterocycles. The van der Waals surface area contributed by atoms with Crippen LogP contribution in [0, 0.1) is 18.3 Å². The molecule has 7 heteroatoms. The molecule has 0 fully saturated rings. The summed E-state index contributed by atoms with van der Waals surface area (Å²) in [5.74, 6) is -0.0841. The van der Waals surface area contributed by atoms with Gasteiger partial charge in [0, 0.05) is 30.2 Å². The molecule has 0 saturated carbocycles. The second-order valence-electron chi connectivity index (χ2n) is 6.66. The van der Waals surface area contributed by atoms with Crippen molar-refractivity contribution in [2.24, 2.45) is 7.05 Å². The average molecular weight is 357 g/mol. The predicted molar refractivity (Wildman–Crippen MR) is 98.6 cm³/mol. The summed E-state index contributed by atoms with van der Waals surface area (Å²) in [6.07, 6.45) is 6.23. The summed E-state index contributed by atoms with van der Waals surface area (Å²) in [4.78, 5) is 15.6. The highest BCUT2D eigenvalue weighted by molar-refractivity contribution is 7.16. The first-order valence-electron chi connectivity index (χ1n) is 8.50. The van der Waals surface area contributed by atoms with Crippen LogP contribution in [0.1, 0.15) is 40.1 Å². The lowest BCUT2D eigenvalue weighted by Crippen LogP contribution is -2.29. The molecule has 0 atom stereocenters. The molecule has 0 bridgehead atoms. The lowest BCUT2D eigenvalue weighted by atomic mass is 9.96. The number of anilines is 1. The highest BCUT2D eigenvalue weighted by Crippen LogP contribution is 2.37. The molecule has 6 nitrogen and oxygen atoms in total. The zero-order valence-electron chi connectivity index (χ0n) is 14.9. The average Bonchev–Trinajstić information content (AvgIpc) is 3.05. The lowest BCUT2D eigenvalue weighted by Gasteiger charge is -2.15. The fourth-order valence-corrected chi connectivity index (χ4v) is 4.59. The van der Waals surface area contributed by atoms with Gasteiger partial charge < -0.3 is 5.32 Å². The Balaban J connectivity index is 1.64. The van der Waals surface area contributed by atoms with Crippen molar-refractivity contribution in [2.75, 3.05) is 18.9 Å². The van der Waals surface area contributed by atoms with E-state index in [2.05, 4.69) is 16.5 Å².